The molecule has 2 aromatic heterocycles. The summed E-state index contributed by atoms with van der Waals surface area (Å²) in [4.78, 5) is 51.9. The minimum atomic E-state index is -0.541. The highest BCUT2D eigenvalue weighted by Gasteiger charge is 2.35. The van der Waals surface area contributed by atoms with Gasteiger partial charge in [-0.1, -0.05) is 49.7 Å². The van der Waals surface area contributed by atoms with E-state index in [9.17, 15) is 14.4 Å². The van der Waals surface area contributed by atoms with Gasteiger partial charge in [-0.05, 0) is 49.2 Å². The van der Waals surface area contributed by atoms with E-state index in [1.807, 2.05) is 37.4 Å². The molecule has 0 radical (unpaired) electrons. The zero-order chi connectivity index (χ0) is 31.1. The Hall–Kier alpha value is -4.90. The number of para-hydroxylation sites is 1. The number of carbonyl (C=O) groups excluding carboxylic acids is 3. The molecule has 0 saturated carbocycles. The molecule has 228 valence electrons. The van der Waals surface area contributed by atoms with E-state index in [0.717, 1.165) is 29.3 Å². The van der Waals surface area contributed by atoms with Crippen molar-refractivity contribution in [2.75, 3.05) is 35.6 Å². The molecule has 4 N–H and O–H groups in total. The first kappa shape index (κ1) is 30.6. The number of rotatable bonds is 10. The van der Waals surface area contributed by atoms with Crippen molar-refractivity contribution in [3.8, 4) is 11.3 Å². The Morgan fingerprint density at radius 3 is 2.61 bits per heavy atom. The van der Waals surface area contributed by atoms with E-state index in [4.69, 9.17) is 21.3 Å². The molecule has 2 aromatic carbocycles. The molecule has 0 aliphatic carbocycles. The van der Waals surface area contributed by atoms with Crippen molar-refractivity contribution in [1.82, 2.24) is 19.9 Å². The number of aromatic amines is 1. The van der Waals surface area contributed by atoms with Crippen molar-refractivity contribution in [2.24, 2.45) is 5.92 Å². The molecule has 5 rings (SSSR count). The summed E-state index contributed by atoms with van der Waals surface area (Å²) in [7, 11) is 0. The summed E-state index contributed by atoms with van der Waals surface area (Å²) in [6, 6.07) is 14.3. The highest BCUT2D eigenvalue weighted by Crippen LogP contribution is 2.33. The lowest BCUT2D eigenvalue weighted by molar-refractivity contribution is -0.121. The molecule has 2 unspecified atom stereocenters. The smallest absolute Gasteiger partial charge is 0.409 e. The molecule has 3 heterocycles. The first-order chi connectivity index (χ1) is 21.3. The molecule has 1 saturated heterocycles. The van der Waals surface area contributed by atoms with Gasteiger partial charge in [-0.25, -0.2) is 14.8 Å². The zero-order valence-corrected chi connectivity index (χ0v) is 25.1. The first-order valence-electron chi connectivity index (χ1n) is 14.5. The maximum Gasteiger partial charge on any atom is 0.409 e. The van der Waals surface area contributed by atoms with Crippen LogP contribution in [0.5, 0.6) is 0 Å². The predicted molar refractivity (Wildman–Crippen MR) is 172 cm³/mol. The van der Waals surface area contributed by atoms with Crippen molar-refractivity contribution < 1.29 is 19.1 Å². The largest absolute Gasteiger partial charge is 0.449 e. The van der Waals surface area contributed by atoms with Gasteiger partial charge < -0.3 is 30.6 Å². The van der Waals surface area contributed by atoms with Crippen LogP contribution in [0, 0.1) is 5.92 Å². The number of hydrogen-bond acceptors (Lipinski definition) is 7. The van der Waals surface area contributed by atoms with E-state index in [1.165, 1.54) is 6.08 Å². The lowest BCUT2D eigenvalue weighted by Crippen LogP contribution is -2.51. The van der Waals surface area contributed by atoms with Crippen molar-refractivity contribution in [3.05, 3.63) is 78.6 Å². The summed E-state index contributed by atoms with van der Waals surface area (Å²) < 4.78 is 5.48. The number of amides is 3. The van der Waals surface area contributed by atoms with E-state index in [0.29, 0.717) is 47.6 Å². The summed E-state index contributed by atoms with van der Waals surface area (Å²) in [6.45, 7) is 6.28. The van der Waals surface area contributed by atoms with Crippen LogP contribution in [0.1, 0.15) is 26.2 Å². The van der Waals surface area contributed by atoms with E-state index in [-0.39, 0.29) is 24.4 Å². The number of unbranched alkanes of at least 4 members (excludes halogenated alkanes) is 1. The van der Waals surface area contributed by atoms with E-state index in [1.54, 1.807) is 35.4 Å². The predicted octanol–water partition coefficient (Wildman–Crippen LogP) is 6.08. The van der Waals surface area contributed by atoms with Gasteiger partial charge in [0, 0.05) is 53.2 Å². The molecule has 3 amide bonds. The van der Waals surface area contributed by atoms with Gasteiger partial charge in [0.1, 0.15) is 0 Å². The third-order valence-electron chi connectivity index (χ3n) is 7.33. The van der Waals surface area contributed by atoms with Gasteiger partial charge in [-0.2, -0.15) is 0 Å². The maximum atomic E-state index is 13.4. The quantitative estimate of drug-likeness (QED) is 0.125. The Labute approximate surface area is 260 Å². The van der Waals surface area contributed by atoms with Gasteiger partial charge in [0.05, 0.1) is 29.4 Å². The number of nitrogens with zero attached hydrogens (tertiary/aromatic N) is 3. The average molecular weight is 616 g/mol. The minimum Gasteiger partial charge on any atom is -0.449 e. The number of anilines is 3. The summed E-state index contributed by atoms with van der Waals surface area (Å²) in [5, 5.41) is 10.3. The number of halogens is 1. The second-order valence-electron chi connectivity index (χ2n) is 10.5. The van der Waals surface area contributed by atoms with Crippen LogP contribution in [0.25, 0.3) is 22.2 Å². The molecule has 0 spiro atoms. The van der Waals surface area contributed by atoms with Gasteiger partial charge in [-0.15, -0.1) is 0 Å². The molecular weight excluding hydrogens is 582 g/mol. The Kier molecular flexibility index (Phi) is 9.75. The van der Waals surface area contributed by atoms with Crippen LogP contribution in [0.3, 0.4) is 0 Å². The van der Waals surface area contributed by atoms with Crippen LogP contribution in [0.15, 0.2) is 73.6 Å². The first-order valence-corrected chi connectivity index (χ1v) is 14.8. The number of nitrogens with one attached hydrogen (secondary N) is 4. The van der Waals surface area contributed by atoms with E-state index >= 15 is 0 Å². The number of fused-ring (bicyclic) bond motifs is 1. The third kappa shape index (κ3) is 7.35. The highest BCUT2D eigenvalue weighted by molar-refractivity contribution is 6.33. The molecule has 1 aliphatic heterocycles. The molecular formula is C32H34ClN7O4. The van der Waals surface area contributed by atoms with Crippen molar-refractivity contribution >= 4 is 57.7 Å². The number of benzene rings is 2. The second kappa shape index (κ2) is 14.0. The number of carbonyl (C=O) groups is 3. The molecule has 11 nitrogen and oxygen atoms in total. The monoisotopic (exact) mass is 615 g/mol. The maximum absolute atomic E-state index is 13.4. The summed E-state index contributed by atoms with van der Waals surface area (Å²) in [5.74, 6) is -0.786. The van der Waals surface area contributed by atoms with Gasteiger partial charge in [-0.3, -0.25) is 9.59 Å². The van der Waals surface area contributed by atoms with Crippen molar-refractivity contribution in [2.45, 2.75) is 32.2 Å². The van der Waals surface area contributed by atoms with Crippen LogP contribution in [-0.4, -0.2) is 63.5 Å². The van der Waals surface area contributed by atoms with Crippen LogP contribution in [0.2, 0.25) is 5.02 Å². The fraction of sp³-hybridized carbons (Fsp3) is 0.281. The second-order valence-corrected chi connectivity index (χ2v) is 11.0. The average Bonchev–Trinajstić information content (AvgIpc) is 3.47. The van der Waals surface area contributed by atoms with Crippen LogP contribution in [0.4, 0.5) is 22.1 Å². The molecule has 1 aliphatic rings. The summed E-state index contributed by atoms with van der Waals surface area (Å²) >= 11 is 6.53. The number of piperidine rings is 1. The lowest BCUT2D eigenvalue weighted by Gasteiger charge is -2.36. The van der Waals surface area contributed by atoms with Gasteiger partial charge in [0.25, 0.3) is 0 Å². The van der Waals surface area contributed by atoms with Crippen molar-refractivity contribution in [3.63, 3.8) is 0 Å². The Morgan fingerprint density at radius 1 is 1.11 bits per heavy atom. The fourth-order valence-corrected chi connectivity index (χ4v) is 5.28. The summed E-state index contributed by atoms with van der Waals surface area (Å²) in [5.41, 5.74) is 3.50. The standard InChI is InChI=1S/C32H34ClN7O4/c1-3-5-14-44-32(43)40-18-20(30(42)37-22-12-10-21(11-13-22)36-28(41)4-2)15-23(19-40)38-31-35-17-26(33)29(39-31)25-16-34-27-9-7-6-8-24(25)27/h4,6-13,16-17,20,23,34H,2-3,5,14-15,18-19H2,1H3,(H,36,41)(H,37,42)(H,35,38,39). The highest BCUT2D eigenvalue weighted by atomic mass is 35.5. The van der Waals surface area contributed by atoms with E-state index < -0.39 is 12.0 Å². The number of aromatic nitrogens is 3. The lowest BCUT2D eigenvalue weighted by atomic mass is 9.93. The van der Waals surface area contributed by atoms with E-state index in [2.05, 4.69) is 32.5 Å². The number of hydrogen-bond donors (Lipinski definition) is 4. The Bertz CT molecular complexity index is 1660. The topological polar surface area (TPSA) is 141 Å². The summed E-state index contributed by atoms with van der Waals surface area (Å²) in [6.07, 6.45) is 6.18. The number of ether oxygens (including phenoxy) is 1. The molecule has 44 heavy (non-hydrogen) atoms. The van der Waals surface area contributed by atoms with Crippen LogP contribution < -0.4 is 16.0 Å². The SMILES string of the molecule is C=CC(=O)Nc1ccc(NC(=O)C2CC(Nc3ncc(Cl)c(-c4c[nH]c5ccccc45)n3)CN(C(=O)OCCCC)C2)cc1. The van der Waals surface area contributed by atoms with Crippen LogP contribution in [-0.2, 0) is 14.3 Å². The Balaban J connectivity index is 1.33. The minimum absolute atomic E-state index is 0.199. The Morgan fingerprint density at radius 2 is 1.86 bits per heavy atom. The van der Waals surface area contributed by atoms with Gasteiger partial charge >= 0.3 is 6.09 Å². The number of likely N-dealkylation sites (tertiary alicyclic amines) is 1. The zero-order valence-electron chi connectivity index (χ0n) is 24.3. The van der Waals surface area contributed by atoms with Crippen LogP contribution >= 0.6 is 11.6 Å². The van der Waals surface area contributed by atoms with Crippen molar-refractivity contribution in [1.29, 1.82) is 0 Å². The normalized spacial score (nSPS) is 16.3. The fourth-order valence-electron chi connectivity index (χ4n) is 5.09. The molecule has 12 heteroatoms. The third-order valence-corrected chi connectivity index (χ3v) is 7.61. The number of H-pyrrole nitrogens is 1. The molecule has 0 bridgehead atoms. The molecule has 2 atom stereocenters. The van der Waals surface area contributed by atoms with Gasteiger partial charge in [0.15, 0.2) is 0 Å². The molecule has 4 aromatic rings. The van der Waals surface area contributed by atoms with Gasteiger partial charge in [0.2, 0.25) is 17.8 Å². The molecule has 1 fully saturated rings.